The number of nitrogens with one attached hydrogen (secondary N) is 1. The molecule has 0 unspecified atom stereocenters. The van der Waals surface area contributed by atoms with Crippen LogP contribution in [0.15, 0.2) is 18.2 Å². The Labute approximate surface area is 137 Å². The van der Waals surface area contributed by atoms with E-state index in [0.29, 0.717) is 12.1 Å². The number of nitrogens with zero attached hydrogens (tertiary/aromatic N) is 2. The normalized spacial score (nSPS) is 22.0. The van der Waals surface area contributed by atoms with Crippen molar-refractivity contribution in [2.75, 3.05) is 38.5 Å². The van der Waals surface area contributed by atoms with Crippen molar-refractivity contribution in [3.05, 3.63) is 29.6 Å². The summed E-state index contributed by atoms with van der Waals surface area (Å²) >= 11 is 0. The minimum Gasteiger partial charge on any atom is -0.373 e. The zero-order chi connectivity index (χ0) is 17.0. The Morgan fingerprint density at radius 3 is 2.70 bits per heavy atom. The van der Waals surface area contributed by atoms with Gasteiger partial charge in [-0.1, -0.05) is 12.1 Å². The number of carbonyl (C=O) groups excluding carboxylic acids is 1. The minimum absolute atomic E-state index is 0.208. The zero-order valence-electron chi connectivity index (χ0n) is 14.3. The first kappa shape index (κ1) is 17.7. The van der Waals surface area contributed by atoms with Gasteiger partial charge in [0, 0.05) is 33.2 Å². The number of aryl methyl sites for hydroxylation is 1. The molecule has 2 amide bonds. The first-order chi connectivity index (χ1) is 10.9. The maximum atomic E-state index is 13.9. The van der Waals surface area contributed by atoms with E-state index in [0.717, 1.165) is 19.6 Å². The first-order valence-corrected chi connectivity index (χ1v) is 8.02. The van der Waals surface area contributed by atoms with Crippen LogP contribution in [0.2, 0.25) is 0 Å². The van der Waals surface area contributed by atoms with Crippen LogP contribution in [0, 0.1) is 12.7 Å². The summed E-state index contributed by atoms with van der Waals surface area (Å²) < 4.78 is 19.6. The molecule has 1 aromatic rings. The predicted molar refractivity (Wildman–Crippen MR) is 89.2 cm³/mol. The molecule has 1 N–H and O–H groups in total. The highest BCUT2D eigenvalue weighted by Crippen LogP contribution is 2.17. The van der Waals surface area contributed by atoms with E-state index >= 15 is 0 Å². The van der Waals surface area contributed by atoms with E-state index in [2.05, 4.69) is 24.1 Å². The molecule has 0 aromatic heterocycles. The molecule has 1 aliphatic rings. The van der Waals surface area contributed by atoms with E-state index in [1.807, 2.05) is 0 Å². The number of morpholine rings is 1. The molecule has 1 saturated heterocycles. The van der Waals surface area contributed by atoms with Gasteiger partial charge in [-0.25, -0.2) is 9.18 Å². The maximum absolute atomic E-state index is 13.9. The van der Waals surface area contributed by atoms with Crippen molar-refractivity contribution >= 4 is 11.7 Å². The molecule has 1 aliphatic heterocycles. The molecule has 5 nitrogen and oxygen atoms in total. The molecule has 6 heteroatoms. The van der Waals surface area contributed by atoms with Crippen LogP contribution in [0.3, 0.4) is 0 Å². The lowest BCUT2D eigenvalue weighted by Gasteiger charge is -2.36. The fourth-order valence-electron chi connectivity index (χ4n) is 2.81. The second-order valence-corrected chi connectivity index (χ2v) is 6.31. The number of hydrogen-bond donors (Lipinski definition) is 1. The number of anilines is 1. The van der Waals surface area contributed by atoms with Crippen molar-refractivity contribution in [1.29, 1.82) is 0 Å². The Kier molecular flexibility index (Phi) is 5.96. The van der Waals surface area contributed by atoms with Gasteiger partial charge in [-0.15, -0.1) is 0 Å². The molecule has 1 fully saturated rings. The van der Waals surface area contributed by atoms with Crippen LogP contribution in [0.5, 0.6) is 0 Å². The fourth-order valence-corrected chi connectivity index (χ4v) is 2.81. The summed E-state index contributed by atoms with van der Waals surface area (Å²) in [6.07, 6.45) is 0.415. The molecule has 128 valence electrons. The molecule has 0 aliphatic carbocycles. The number of urea groups is 1. The van der Waals surface area contributed by atoms with Gasteiger partial charge in [-0.3, -0.25) is 4.90 Å². The van der Waals surface area contributed by atoms with Crippen LogP contribution in [0.4, 0.5) is 14.9 Å². The number of rotatable bonds is 4. The third kappa shape index (κ3) is 4.91. The Bertz CT molecular complexity index is 543. The Balaban J connectivity index is 1.84. The van der Waals surface area contributed by atoms with Crippen LogP contribution in [0.1, 0.15) is 19.4 Å². The molecule has 0 radical (unpaired) electrons. The Morgan fingerprint density at radius 1 is 1.39 bits per heavy atom. The van der Waals surface area contributed by atoms with Gasteiger partial charge < -0.3 is 15.0 Å². The van der Waals surface area contributed by atoms with Crippen LogP contribution < -0.4 is 5.32 Å². The highest BCUT2D eigenvalue weighted by Gasteiger charge is 2.22. The van der Waals surface area contributed by atoms with Crippen molar-refractivity contribution < 1.29 is 13.9 Å². The maximum Gasteiger partial charge on any atom is 0.321 e. The van der Waals surface area contributed by atoms with Gasteiger partial charge in [0.1, 0.15) is 5.82 Å². The van der Waals surface area contributed by atoms with Gasteiger partial charge in [0.15, 0.2) is 0 Å². The summed E-state index contributed by atoms with van der Waals surface area (Å²) in [5.41, 5.74) is 0.734. The number of likely N-dealkylation sites (N-methyl/N-ethyl adjacent to an activating group) is 1. The summed E-state index contributed by atoms with van der Waals surface area (Å²) in [6, 6.07) is 4.67. The molecule has 0 bridgehead atoms. The van der Waals surface area contributed by atoms with Crippen molar-refractivity contribution in [3.63, 3.8) is 0 Å². The van der Waals surface area contributed by atoms with Crippen molar-refractivity contribution in [1.82, 2.24) is 9.80 Å². The van der Waals surface area contributed by atoms with Crippen molar-refractivity contribution in [2.24, 2.45) is 0 Å². The molecule has 23 heavy (non-hydrogen) atoms. The van der Waals surface area contributed by atoms with E-state index in [1.165, 1.54) is 0 Å². The van der Waals surface area contributed by atoms with Gasteiger partial charge in [0.25, 0.3) is 0 Å². The fraction of sp³-hybridized carbons (Fsp3) is 0.588. The van der Waals surface area contributed by atoms with Gasteiger partial charge in [0.2, 0.25) is 0 Å². The topological polar surface area (TPSA) is 44.8 Å². The van der Waals surface area contributed by atoms with E-state index in [-0.39, 0.29) is 29.7 Å². The third-order valence-electron chi connectivity index (χ3n) is 4.03. The first-order valence-electron chi connectivity index (χ1n) is 8.02. The smallest absolute Gasteiger partial charge is 0.321 e. The summed E-state index contributed by atoms with van der Waals surface area (Å²) in [7, 11) is 1.72. The van der Waals surface area contributed by atoms with E-state index in [1.54, 1.807) is 37.1 Å². The number of amides is 2. The second-order valence-electron chi connectivity index (χ2n) is 6.31. The van der Waals surface area contributed by atoms with Gasteiger partial charge in [-0.2, -0.15) is 0 Å². The molecule has 2 atom stereocenters. The lowest BCUT2D eigenvalue weighted by molar-refractivity contribution is -0.0684. The minimum atomic E-state index is -0.384. The summed E-state index contributed by atoms with van der Waals surface area (Å²) in [5, 5.41) is 2.62. The zero-order valence-corrected chi connectivity index (χ0v) is 14.3. The average Bonchev–Trinajstić information content (AvgIpc) is 2.48. The monoisotopic (exact) mass is 323 g/mol. The largest absolute Gasteiger partial charge is 0.373 e. The standard InChI is InChI=1S/C17H26FN3O2/c1-12-6-5-7-15(16(12)18)19-17(22)20(4)8-9-21-10-13(2)23-14(3)11-21/h5-7,13-14H,8-11H2,1-4H3,(H,19,22)/t13-,14+. The molecule has 1 aromatic carbocycles. The lowest BCUT2D eigenvalue weighted by atomic mass is 10.2. The average molecular weight is 323 g/mol. The highest BCUT2D eigenvalue weighted by atomic mass is 19.1. The number of benzene rings is 1. The third-order valence-corrected chi connectivity index (χ3v) is 4.03. The van der Waals surface area contributed by atoms with Crippen LogP contribution in [0.25, 0.3) is 0 Å². The van der Waals surface area contributed by atoms with Crippen molar-refractivity contribution in [2.45, 2.75) is 33.0 Å². The Hall–Kier alpha value is -1.66. The molecule has 0 spiro atoms. The van der Waals surface area contributed by atoms with Crippen LogP contribution in [-0.2, 0) is 4.74 Å². The van der Waals surface area contributed by atoms with Gasteiger partial charge >= 0.3 is 6.03 Å². The van der Waals surface area contributed by atoms with Crippen molar-refractivity contribution in [3.8, 4) is 0 Å². The number of halogens is 1. The molecule has 2 rings (SSSR count). The van der Waals surface area contributed by atoms with E-state index in [9.17, 15) is 9.18 Å². The van der Waals surface area contributed by atoms with Crippen LogP contribution in [-0.4, -0.2) is 61.3 Å². The van der Waals surface area contributed by atoms with E-state index in [4.69, 9.17) is 4.74 Å². The molecular formula is C17H26FN3O2. The number of hydrogen-bond acceptors (Lipinski definition) is 3. The quantitative estimate of drug-likeness (QED) is 0.926. The van der Waals surface area contributed by atoms with E-state index < -0.39 is 0 Å². The molecule has 1 heterocycles. The Morgan fingerprint density at radius 2 is 2.04 bits per heavy atom. The van der Waals surface area contributed by atoms with Gasteiger partial charge in [-0.05, 0) is 32.4 Å². The van der Waals surface area contributed by atoms with Crippen LogP contribution >= 0.6 is 0 Å². The summed E-state index contributed by atoms with van der Waals surface area (Å²) in [5.74, 6) is -0.384. The molecular weight excluding hydrogens is 297 g/mol. The van der Waals surface area contributed by atoms with Gasteiger partial charge in [0.05, 0.1) is 17.9 Å². The number of ether oxygens (including phenoxy) is 1. The highest BCUT2D eigenvalue weighted by molar-refractivity contribution is 5.89. The number of carbonyl (C=O) groups is 1. The second kappa shape index (κ2) is 7.75. The lowest BCUT2D eigenvalue weighted by Crippen LogP contribution is -2.48. The molecule has 0 saturated carbocycles. The summed E-state index contributed by atoms with van der Waals surface area (Å²) in [4.78, 5) is 16.0. The summed E-state index contributed by atoms with van der Waals surface area (Å²) in [6.45, 7) is 8.88. The predicted octanol–water partition coefficient (Wildman–Crippen LogP) is 2.71. The SMILES string of the molecule is Cc1cccc(NC(=O)N(C)CCN2C[C@@H](C)O[C@@H](C)C2)c1F.